The summed E-state index contributed by atoms with van der Waals surface area (Å²) in [5.41, 5.74) is 1.59. The molecular formula is C27H24FN3O6. The Morgan fingerprint density at radius 1 is 1.00 bits per heavy atom. The van der Waals surface area contributed by atoms with Crippen LogP contribution in [0.1, 0.15) is 23.7 Å². The number of hydrogen-bond acceptors (Lipinski definition) is 6. The summed E-state index contributed by atoms with van der Waals surface area (Å²) < 4.78 is 23.6. The van der Waals surface area contributed by atoms with Crippen LogP contribution in [0.15, 0.2) is 72.8 Å². The van der Waals surface area contributed by atoms with Crippen molar-refractivity contribution in [3.8, 4) is 5.75 Å². The molecule has 1 unspecified atom stereocenters. The quantitative estimate of drug-likeness (QED) is 0.451. The van der Waals surface area contributed by atoms with Crippen LogP contribution in [0.3, 0.4) is 0 Å². The fourth-order valence-electron chi connectivity index (χ4n) is 3.82. The van der Waals surface area contributed by atoms with Gasteiger partial charge in [0.25, 0.3) is 5.91 Å². The number of anilines is 3. The number of amides is 3. The van der Waals surface area contributed by atoms with Crippen molar-refractivity contribution in [2.45, 2.75) is 19.4 Å². The summed E-state index contributed by atoms with van der Waals surface area (Å²) in [4.78, 5) is 52.1. The van der Waals surface area contributed by atoms with Crippen molar-refractivity contribution in [3.05, 3.63) is 84.2 Å². The third-order valence-corrected chi connectivity index (χ3v) is 5.54. The minimum absolute atomic E-state index is 0.244. The molecule has 1 atom stereocenters. The molecule has 9 nitrogen and oxygen atoms in total. The number of ether oxygens (including phenoxy) is 2. The van der Waals surface area contributed by atoms with Gasteiger partial charge in [0.2, 0.25) is 11.8 Å². The molecule has 3 aromatic rings. The third kappa shape index (κ3) is 6.10. The van der Waals surface area contributed by atoms with Crippen LogP contribution in [0.4, 0.5) is 21.5 Å². The number of carbonyl (C=O) groups excluding carboxylic acids is 4. The lowest BCUT2D eigenvalue weighted by molar-refractivity contribution is -0.127. The summed E-state index contributed by atoms with van der Waals surface area (Å²) in [6.45, 7) is 1.52. The number of nitrogens with one attached hydrogen (secondary N) is 2. The topological polar surface area (TPSA) is 114 Å². The van der Waals surface area contributed by atoms with E-state index in [1.165, 1.54) is 41.3 Å². The highest BCUT2D eigenvalue weighted by Gasteiger charge is 2.38. The van der Waals surface area contributed by atoms with Crippen molar-refractivity contribution in [2.24, 2.45) is 0 Å². The van der Waals surface area contributed by atoms with Gasteiger partial charge < -0.3 is 20.1 Å². The predicted octanol–water partition coefficient (Wildman–Crippen LogP) is 3.76. The van der Waals surface area contributed by atoms with Gasteiger partial charge in [0.15, 0.2) is 6.61 Å². The summed E-state index contributed by atoms with van der Waals surface area (Å²) in [6.07, 6.45) is -0.331. The number of benzene rings is 3. The lowest BCUT2D eigenvalue weighted by Gasteiger charge is -2.36. The van der Waals surface area contributed by atoms with E-state index in [4.69, 9.17) is 9.47 Å². The molecule has 37 heavy (non-hydrogen) atoms. The van der Waals surface area contributed by atoms with Crippen LogP contribution >= 0.6 is 0 Å². The SMILES string of the molecule is CCOC(=O)c1ccc(NC(=O)CC2C(=O)Nc3ccccc3N2C(=O)COc2ccc(F)cc2)cc1. The lowest BCUT2D eigenvalue weighted by atomic mass is 10.0. The second-order valence-corrected chi connectivity index (χ2v) is 8.08. The Morgan fingerprint density at radius 3 is 2.41 bits per heavy atom. The van der Waals surface area contributed by atoms with E-state index in [1.807, 2.05) is 0 Å². The molecule has 2 N–H and O–H groups in total. The van der Waals surface area contributed by atoms with Crippen LogP contribution in [0.5, 0.6) is 5.75 Å². The first-order valence-corrected chi connectivity index (χ1v) is 11.5. The van der Waals surface area contributed by atoms with Crippen molar-refractivity contribution in [3.63, 3.8) is 0 Å². The van der Waals surface area contributed by atoms with Crippen LogP contribution in [-0.2, 0) is 19.1 Å². The van der Waals surface area contributed by atoms with Crippen LogP contribution < -0.4 is 20.3 Å². The minimum Gasteiger partial charge on any atom is -0.484 e. The van der Waals surface area contributed by atoms with Gasteiger partial charge in [0.1, 0.15) is 17.6 Å². The minimum atomic E-state index is -1.14. The maximum Gasteiger partial charge on any atom is 0.338 e. The second-order valence-electron chi connectivity index (χ2n) is 8.08. The molecule has 3 aromatic carbocycles. The Hall–Kier alpha value is -4.73. The van der Waals surface area contributed by atoms with Crippen molar-refractivity contribution in [1.82, 2.24) is 0 Å². The first kappa shape index (κ1) is 25.4. The summed E-state index contributed by atoms with van der Waals surface area (Å²) >= 11 is 0. The number of para-hydroxylation sites is 2. The fourth-order valence-corrected chi connectivity index (χ4v) is 3.82. The van der Waals surface area contributed by atoms with Crippen molar-refractivity contribution in [1.29, 1.82) is 0 Å². The molecule has 1 heterocycles. The highest BCUT2D eigenvalue weighted by molar-refractivity contribution is 6.14. The lowest BCUT2D eigenvalue weighted by Crippen LogP contribution is -2.53. The number of fused-ring (bicyclic) bond motifs is 1. The molecule has 1 aliphatic rings. The standard InChI is InChI=1S/C27H24FN3O6/c1-2-36-27(35)17-7-11-19(12-8-17)29-24(32)15-23-26(34)30-21-5-3-4-6-22(21)31(23)25(33)16-37-20-13-9-18(28)10-14-20/h3-14,23H,2,15-16H2,1H3,(H,29,32)(H,30,34). The van der Waals surface area contributed by atoms with E-state index >= 15 is 0 Å². The summed E-state index contributed by atoms with van der Waals surface area (Å²) in [5, 5.41) is 5.41. The monoisotopic (exact) mass is 505 g/mol. The van der Waals surface area contributed by atoms with E-state index in [2.05, 4.69) is 10.6 Å². The van der Waals surface area contributed by atoms with Crippen LogP contribution in [0.25, 0.3) is 0 Å². The summed E-state index contributed by atoms with van der Waals surface area (Å²) in [5.74, 6) is -2.23. The summed E-state index contributed by atoms with van der Waals surface area (Å²) in [6, 6.07) is 16.9. The van der Waals surface area contributed by atoms with Crippen molar-refractivity contribution < 1.29 is 33.0 Å². The van der Waals surface area contributed by atoms with Crippen LogP contribution in [-0.4, -0.2) is 42.9 Å². The van der Waals surface area contributed by atoms with E-state index < -0.39 is 42.2 Å². The van der Waals surface area contributed by atoms with Gasteiger partial charge in [-0.25, -0.2) is 9.18 Å². The molecule has 0 bridgehead atoms. The molecule has 0 spiro atoms. The van der Waals surface area contributed by atoms with E-state index in [1.54, 1.807) is 43.3 Å². The van der Waals surface area contributed by atoms with Crippen LogP contribution in [0, 0.1) is 5.82 Å². The first-order valence-electron chi connectivity index (χ1n) is 11.5. The zero-order chi connectivity index (χ0) is 26.4. The number of hydrogen-bond donors (Lipinski definition) is 2. The van der Waals surface area contributed by atoms with Gasteiger partial charge >= 0.3 is 5.97 Å². The van der Waals surface area contributed by atoms with E-state index in [0.29, 0.717) is 22.6 Å². The highest BCUT2D eigenvalue weighted by Crippen LogP contribution is 2.33. The number of nitrogens with zero attached hydrogens (tertiary/aromatic N) is 1. The Balaban J connectivity index is 1.49. The smallest absolute Gasteiger partial charge is 0.338 e. The molecule has 1 aliphatic heterocycles. The number of esters is 1. The van der Waals surface area contributed by atoms with Gasteiger partial charge in [-0.3, -0.25) is 19.3 Å². The Kier molecular flexibility index (Phi) is 7.77. The highest BCUT2D eigenvalue weighted by atomic mass is 19.1. The van der Waals surface area contributed by atoms with Gasteiger partial charge in [0, 0.05) is 5.69 Å². The summed E-state index contributed by atoms with van der Waals surface area (Å²) in [7, 11) is 0. The molecule has 3 amide bonds. The van der Waals surface area contributed by atoms with E-state index in [9.17, 15) is 23.6 Å². The molecule has 0 radical (unpaired) electrons. The number of halogens is 1. The maximum absolute atomic E-state index is 13.2. The first-order chi connectivity index (χ1) is 17.9. The molecule has 0 fully saturated rings. The Morgan fingerprint density at radius 2 is 1.70 bits per heavy atom. The molecule has 190 valence electrons. The number of carbonyl (C=O) groups is 4. The normalized spacial score (nSPS) is 14.3. The molecule has 0 aromatic heterocycles. The van der Waals surface area contributed by atoms with Gasteiger partial charge in [-0.15, -0.1) is 0 Å². The zero-order valence-corrected chi connectivity index (χ0v) is 19.9. The maximum atomic E-state index is 13.2. The third-order valence-electron chi connectivity index (χ3n) is 5.54. The van der Waals surface area contributed by atoms with E-state index in [0.717, 1.165) is 0 Å². The average molecular weight is 506 g/mol. The second kappa shape index (κ2) is 11.3. The average Bonchev–Trinajstić information content (AvgIpc) is 2.89. The number of rotatable bonds is 8. The molecule has 0 saturated carbocycles. The zero-order valence-electron chi connectivity index (χ0n) is 19.9. The molecule has 4 rings (SSSR count). The van der Waals surface area contributed by atoms with Crippen molar-refractivity contribution >= 4 is 40.8 Å². The van der Waals surface area contributed by atoms with Crippen molar-refractivity contribution in [2.75, 3.05) is 28.7 Å². The molecule has 0 saturated heterocycles. The Labute approximate surface area is 212 Å². The van der Waals surface area contributed by atoms with E-state index in [-0.39, 0.29) is 18.8 Å². The van der Waals surface area contributed by atoms with Gasteiger partial charge in [-0.1, -0.05) is 12.1 Å². The fraction of sp³-hybridized carbons (Fsp3) is 0.185. The predicted molar refractivity (Wildman–Crippen MR) is 134 cm³/mol. The molecule has 10 heteroatoms. The molecular weight excluding hydrogens is 481 g/mol. The molecule has 0 aliphatic carbocycles. The largest absolute Gasteiger partial charge is 0.484 e. The van der Waals surface area contributed by atoms with Gasteiger partial charge in [-0.05, 0) is 67.6 Å². The van der Waals surface area contributed by atoms with Crippen LogP contribution in [0.2, 0.25) is 0 Å². The Bertz CT molecular complexity index is 1310. The van der Waals surface area contributed by atoms with Gasteiger partial charge in [0.05, 0.1) is 30.0 Å². The van der Waals surface area contributed by atoms with Gasteiger partial charge in [-0.2, -0.15) is 0 Å².